The summed E-state index contributed by atoms with van der Waals surface area (Å²) in [7, 11) is 0. The number of thioether (sulfide) groups is 1. The number of carbonyl (C=O) groups excluding carboxylic acids is 2. The fraction of sp³-hybridized carbons (Fsp3) is 0.133. The van der Waals surface area contributed by atoms with E-state index < -0.39 is 5.25 Å². The first-order chi connectivity index (χ1) is 17.4. The Labute approximate surface area is 221 Å². The molecule has 2 N–H and O–H groups in total. The molecule has 0 radical (unpaired) electrons. The molecule has 4 aromatic carbocycles. The molecule has 36 heavy (non-hydrogen) atoms. The van der Waals surface area contributed by atoms with Gasteiger partial charge in [0.25, 0.3) is 0 Å². The molecule has 0 fully saturated rings. The minimum absolute atomic E-state index is 0.0865. The van der Waals surface area contributed by atoms with Crippen molar-refractivity contribution < 1.29 is 9.59 Å². The van der Waals surface area contributed by atoms with Crippen LogP contribution >= 0.6 is 23.4 Å². The van der Waals surface area contributed by atoms with Crippen LogP contribution in [-0.2, 0) is 16.0 Å². The minimum Gasteiger partial charge on any atom is -0.326 e. The van der Waals surface area contributed by atoms with E-state index in [0.717, 1.165) is 32.8 Å². The first-order valence-corrected chi connectivity index (χ1v) is 12.9. The second-order valence-electron chi connectivity index (χ2n) is 8.65. The van der Waals surface area contributed by atoms with Crippen molar-refractivity contribution in [2.45, 2.75) is 30.4 Å². The van der Waals surface area contributed by atoms with E-state index in [9.17, 15) is 9.59 Å². The summed E-state index contributed by atoms with van der Waals surface area (Å²) in [6.07, 6.45) is 0.266. The molecule has 1 atom stereocenters. The average molecular weight is 515 g/mol. The third kappa shape index (κ3) is 7.23. The summed E-state index contributed by atoms with van der Waals surface area (Å²) < 4.78 is 0. The summed E-state index contributed by atoms with van der Waals surface area (Å²) >= 11 is 7.38. The zero-order valence-corrected chi connectivity index (χ0v) is 21.7. The molecule has 0 aromatic heterocycles. The van der Waals surface area contributed by atoms with Gasteiger partial charge in [-0.1, -0.05) is 60.1 Å². The topological polar surface area (TPSA) is 58.2 Å². The highest BCUT2D eigenvalue weighted by Gasteiger charge is 2.22. The third-order valence-electron chi connectivity index (χ3n) is 5.50. The SMILES string of the molecule is Cc1cc(C)cc(NC(=O)C(Sc2ccc(NC(=O)Cc3ccc(Cl)cc3)cc2)c2ccccc2)c1. The van der Waals surface area contributed by atoms with E-state index in [-0.39, 0.29) is 18.2 Å². The van der Waals surface area contributed by atoms with Gasteiger partial charge in [-0.2, -0.15) is 0 Å². The summed E-state index contributed by atoms with van der Waals surface area (Å²) in [5.41, 5.74) is 5.51. The molecule has 0 bridgehead atoms. The molecule has 2 amide bonds. The Morgan fingerprint density at radius 3 is 2.06 bits per heavy atom. The number of benzene rings is 4. The van der Waals surface area contributed by atoms with Crippen LogP contribution in [0.5, 0.6) is 0 Å². The van der Waals surface area contributed by atoms with Crippen LogP contribution < -0.4 is 10.6 Å². The van der Waals surface area contributed by atoms with E-state index >= 15 is 0 Å². The number of amides is 2. The lowest BCUT2D eigenvalue weighted by atomic mass is 10.1. The van der Waals surface area contributed by atoms with Crippen molar-refractivity contribution in [2.24, 2.45) is 0 Å². The molecule has 0 saturated carbocycles. The predicted octanol–water partition coefficient (Wildman–Crippen LogP) is 7.61. The van der Waals surface area contributed by atoms with Gasteiger partial charge in [0.15, 0.2) is 0 Å². The summed E-state index contributed by atoms with van der Waals surface area (Å²) in [4.78, 5) is 26.7. The van der Waals surface area contributed by atoms with E-state index in [1.54, 1.807) is 12.1 Å². The van der Waals surface area contributed by atoms with Crippen LogP contribution in [0.15, 0.2) is 102 Å². The summed E-state index contributed by atoms with van der Waals surface area (Å²) in [6, 6.07) is 30.5. The Morgan fingerprint density at radius 1 is 0.778 bits per heavy atom. The van der Waals surface area contributed by atoms with Crippen LogP contribution in [0.3, 0.4) is 0 Å². The average Bonchev–Trinajstić information content (AvgIpc) is 2.85. The maximum atomic E-state index is 13.3. The Morgan fingerprint density at radius 2 is 1.42 bits per heavy atom. The molecule has 4 nitrogen and oxygen atoms in total. The van der Waals surface area contributed by atoms with Crippen LogP contribution in [-0.4, -0.2) is 11.8 Å². The number of carbonyl (C=O) groups is 2. The van der Waals surface area contributed by atoms with Gasteiger partial charge in [-0.25, -0.2) is 0 Å². The van der Waals surface area contributed by atoms with Crippen molar-refractivity contribution in [3.63, 3.8) is 0 Å². The number of aryl methyl sites for hydroxylation is 2. The second-order valence-corrected chi connectivity index (χ2v) is 10.3. The van der Waals surface area contributed by atoms with Crippen LogP contribution in [0, 0.1) is 13.8 Å². The maximum Gasteiger partial charge on any atom is 0.242 e. The Bertz CT molecular complexity index is 1320. The first-order valence-electron chi connectivity index (χ1n) is 11.6. The normalized spacial score (nSPS) is 11.5. The highest BCUT2D eigenvalue weighted by Crippen LogP contribution is 2.37. The van der Waals surface area contributed by atoms with Gasteiger partial charge in [0.2, 0.25) is 11.8 Å². The zero-order chi connectivity index (χ0) is 25.5. The highest BCUT2D eigenvalue weighted by molar-refractivity contribution is 8.00. The van der Waals surface area contributed by atoms with Crippen LogP contribution in [0.1, 0.15) is 27.5 Å². The van der Waals surface area contributed by atoms with Crippen LogP contribution in [0.2, 0.25) is 5.02 Å². The lowest BCUT2D eigenvalue weighted by molar-refractivity contribution is -0.116. The van der Waals surface area contributed by atoms with Gasteiger partial charge < -0.3 is 10.6 Å². The van der Waals surface area contributed by atoms with E-state index in [0.29, 0.717) is 10.7 Å². The molecular weight excluding hydrogens is 488 g/mol. The summed E-state index contributed by atoms with van der Waals surface area (Å²) in [6.45, 7) is 4.03. The Balaban J connectivity index is 1.45. The van der Waals surface area contributed by atoms with E-state index in [2.05, 4.69) is 16.7 Å². The van der Waals surface area contributed by atoms with Gasteiger partial charge in [-0.3, -0.25) is 9.59 Å². The monoisotopic (exact) mass is 514 g/mol. The highest BCUT2D eigenvalue weighted by atomic mass is 35.5. The van der Waals surface area contributed by atoms with Crippen molar-refractivity contribution in [3.05, 3.63) is 124 Å². The van der Waals surface area contributed by atoms with Crippen molar-refractivity contribution in [3.8, 4) is 0 Å². The quantitative estimate of drug-likeness (QED) is 0.238. The molecule has 182 valence electrons. The van der Waals surface area contributed by atoms with Crippen molar-refractivity contribution in [1.82, 2.24) is 0 Å². The fourth-order valence-electron chi connectivity index (χ4n) is 3.90. The standard InChI is InChI=1S/C30H27ClN2O2S/c1-20-16-21(2)18-26(17-20)33-30(35)29(23-6-4-3-5-7-23)36-27-14-12-25(13-15-27)32-28(34)19-22-8-10-24(31)11-9-22/h3-18,29H,19H2,1-2H3,(H,32,34)(H,33,35). The van der Waals surface area contributed by atoms with Crippen molar-refractivity contribution >= 4 is 46.6 Å². The van der Waals surface area contributed by atoms with Gasteiger partial charge in [0.1, 0.15) is 5.25 Å². The minimum atomic E-state index is -0.433. The molecule has 1 unspecified atom stereocenters. The largest absolute Gasteiger partial charge is 0.326 e. The molecule has 0 heterocycles. The third-order valence-corrected chi connectivity index (χ3v) is 7.02. The van der Waals surface area contributed by atoms with E-state index in [1.807, 2.05) is 92.7 Å². The van der Waals surface area contributed by atoms with Gasteiger partial charge >= 0.3 is 0 Å². The Hall–Kier alpha value is -3.54. The smallest absolute Gasteiger partial charge is 0.242 e. The van der Waals surface area contributed by atoms with Gasteiger partial charge in [0, 0.05) is 21.3 Å². The van der Waals surface area contributed by atoms with Crippen molar-refractivity contribution in [2.75, 3.05) is 10.6 Å². The van der Waals surface area contributed by atoms with Gasteiger partial charge in [-0.05, 0) is 84.6 Å². The molecule has 4 rings (SSSR count). The van der Waals surface area contributed by atoms with Crippen LogP contribution in [0.4, 0.5) is 11.4 Å². The lowest BCUT2D eigenvalue weighted by Crippen LogP contribution is -2.19. The lowest BCUT2D eigenvalue weighted by Gasteiger charge is -2.18. The number of anilines is 2. The second kappa shape index (κ2) is 11.9. The number of rotatable bonds is 8. The maximum absolute atomic E-state index is 13.3. The summed E-state index contributed by atoms with van der Waals surface area (Å²) in [5, 5.41) is 6.21. The van der Waals surface area contributed by atoms with Gasteiger partial charge in [0.05, 0.1) is 6.42 Å². The molecular formula is C30H27ClN2O2S. The number of nitrogens with one attached hydrogen (secondary N) is 2. The number of halogens is 1. The predicted molar refractivity (Wildman–Crippen MR) is 150 cm³/mol. The zero-order valence-electron chi connectivity index (χ0n) is 20.1. The van der Waals surface area contributed by atoms with E-state index in [4.69, 9.17) is 11.6 Å². The van der Waals surface area contributed by atoms with Gasteiger partial charge in [-0.15, -0.1) is 11.8 Å². The number of hydrogen-bond donors (Lipinski definition) is 2. The van der Waals surface area contributed by atoms with E-state index in [1.165, 1.54) is 11.8 Å². The number of hydrogen-bond acceptors (Lipinski definition) is 3. The summed E-state index contributed by atoms with van der Waals surface area (Å²) in [5.74, 6) is -0.191. The molecule has 4 aromatic rings. The molecule has 0 aliphatic carbocycles. The Kier molecular flexibility index (Phi) is 8.47. The van der Waals surface area contributed by atoms with Crippen LogP contribution in [0.25, 0.3) is 0 Å². The molecule has 0 aliphatic heterocycles. The molecule has 0 saturated heterocycles. The first kappa shape index (κ1) is 25.5. The van der Waals surface area contributed by atoms with Crippen molar-refractivity contribution in [1.29, 1.82) is 0 Å². The fourth-order valence-corrected chi connectivity index (χ4v) is 5.05. The molecule has 0 aliphatic rings. The molecule has 0 spiro atoms. The molecule has 6 heteroatoms.